The van der Waals surface area contributed by atoms with Crippen molar-refractivity contribution in [3.63, 3.8) is 0 Å². The molecule has 21 heteroatoms. The van der Waals surface area contributed by atoms with Gasteiger partial charge in [-0.2, -0.15) is 0 Å². The molecule has 4 atom stereocenters. The zero-order valence-electron chi connectivity index (χ0n) is 48.0. The van der Waals surface area contributed by atoms with Gasteiger partial charge in [0.25, 0.3) is 0 Å². The Balaban J connectivity index is 0. The molecule has 0 aromatic rings. The molecule has 0 saturated heterocycles. The Morgan fingerprint density at radius 2 is 1.09 bits per heavy atom. The van der Waals surface area contributed by atoms with E-state index in [1.165, 1.54) is 78.6 Å². The molecular formula is C56H101N6O14Y-. The second kappa shape index (κ2) is 46.8. The molecule has 9 N–H and O–H groups in total. The number of Topliss-reactive ketones (excluding diaryl/α,β-unsaturated/α-hetero) is 5. The van der Waals surface area contributed by atoms with Crippen LogP contribution in [-0.2, 0) is 85.3 Å². The van der Waals surface area contributed by atoms with Gasteiger partial charge in [-0.15, -0.1) is 0 Å². The fraction of sp³-hybridized carbons (Fsp3) is 0.839. The molecule has 0 spiro atoms. The quantitative estimate of drug-likeness (QED) is 0.0306. The summed E-state index contributed by atoms with van der Waals surface area (Å²) < 4.78 is 10.9. The normalized spacial score (nSPS) is 13.5. The number of hydrogen-bond acceptors (Lipinski definition) is 15. The predicted molar refractivity (Wildman–Crippen MR) is 293 cm³/mol. The van der Waals surface area contributed by atoms with Crippen LogP contribution >= 0.6 is 0 Å². The third-order valence-electron chi connectivity index (χ3n) is 13.4. The van der Waals surface area contributed by atoms with Gasteiger partial charge in [0.1, 0.15) is 24.0 Å². The van der Waals surface area contributed by atoms with Crippen LogP contribution in [0, 0.1) is 11.8 Å². The number of unbranched alkanes of at least 4 members (excludes halogenated alkanes) is 16. The van der Waals surface area contributed by atoms with E-state index >= 15 is 0 Å². The van der Waals surface area contributed by atoms with Crippen molar-refractivity contribution >= 4 is 52.7 Å². The number of amides is 2. The Kier molecular flexibility index (Phi) is 46.2. The summed E-state index contributed by atoms with van der Waals surface area (Å²) in [6.07, 6.45) is 20.1. The number of aliphatic carboxylic acids is 2. The molecule has 0 aliphatic heterocycles. The first kappa shape index (κ1) is 76.1. The molecular weight excluding hydrogens is 1070 g/mol. The van der Waals surface area contributed by atoms with Crippen molar-refractivity contribution < 1.29 is 101 Å². The van der Waals surface area contributed by atoms with E-state index in [9.17, 15) is 53.4 Å². The minimum atomic E-state index is -1.33. The maximum atomic E-state index is 13.6. The van der Waals surface area contributed by atoms with Crippen molar-refractivity contribution in [1.82, 2.24) is 26.6 Å². The monoisotopic (exact) mass is 1170 g/mol. The summed E-state index contributed by atoms with van der Waals surface area (Å²) in [5.41, 5.74) is 5.59. The van der Waals surface area contributed by atoms with Crippen LogP contribution < -0.4 is 26.6 Å². The zero-order valence-corrected chi connectivity index (χ0v) is 50.8. The molecule has 0 heterocycles. The fourth-order valence-electron chi connectivity index (χ4n) is 8.63. The summed E-state index contributed by atoms with van der Waals surface area (Å²) in [5.74, 6) is -4.70. The van der Waals surface area contributed by atoms with Gasteiger partial charge in [-0.3, -0.25) is 53.8 Å². The fourth-order valence-corrected chi connectivity index (χ4v) is 8.63. The molecule has 443 valence electrons. The number of ketones is 5. The van der Waals surface area contributed by atoms with E-state index in [-0.39, 0.29) is 158 Å². The predicted octanol–water partition coefficient (Wildman–Crippen LogP) is 6.40. The Morgan fingerprint density at radius 3 is 1.60 bits per heavy atom. The van der Waals surface area contributed by atoms with E-state index in [2.05, 4.69) is 26.6 Å². The van der Waals surface area contributed by atoms with Gasteiger partial charge in [0.2, 0.25) is 11.8 Å². The summed E-state index contributed by atoms with van der Waals surface area (Å²) in [4.78, 5) is 111. The summed E-state index contributed by atoms with van der Waals surface area (Å²) in [7, 11) is 0. The van der Waals surface area contributed by atoms with Crippen LogP contribution in [-0.4, -0.2) is 157 Å². The first-order valence-corrected chi connectivity index (χ1v) is 28.3. The van der Waals surface area contributed by atoms with Gasteiger partial charge in [0.05, 0.1) is 69.6 Å². The second-order valence-electron chi connectivity index (χ2n) is 21.6. The molecule has 0 aromatic carbocycles. The van der Waals surface area contributed by atoms with Gasteiger partial charge in [0.15, 0.2) is 11.6 Å². The topological polar surface area (TPSA) is 317 Å². The summed E-state index contributed by atoms with van der Waals surface area (Å²) in [5, 5.41) is 42.2. The summed E-state index contributed by atoms with van der Waals surface area (Å²) >= 11 is 0. The zero-order chi connectivity index (χ0) is 57.2. The Morgan fingerprint density at radius 1 is 0.571 bits per heavy atom. The first-order valence-electron chi connectivity index (χ1n) is 28.3. The molecule has 1 radical (unpaired) electrons. The van der Waals surface area contributed by atoms with E-state index in [1.54, 1.807) is 6.92 Å². The van der Waals surface area contributed by atoms with E-state index in [1.807, 2.05) is 13.8 Å². The third kappa shape index (κ3) is 42.6. The van der Waals surface area contributed by atoms with Crippen molar-refractivity contribution in [1.29, 1.82) is 0 Å². The number of ether oxygens (including phenoxy) is 2. The van der Waals surface area contributed by atoms with Crippen molar-refractivity contribution in [3.8, 4) is 0 Å². The maximum Gasteiger partial charge on any atom is 0.306 e. The van der Waals surface area contributed by atoms with Crippen LogP contribution in [0.3, 0.4) is 0 Å². The van der Waals surface area contributed by atoms with E-state index < -0.39 is 47.6 Å². The molecule has 0 aliphatic rings. The Bertz CT molecular complexity index is 1700. The van der Waals surface area contributed by atoms with Crippen molar-refractivity contribution in [2.75, 3.05) is 65.8 Å². The maximum absolute atomic E-state index is 13.6. The molecule has 77 heavy (non-hydrogen) atoms. The van der Waals surface area contributed by atoms with Crippen molar-refractivity contribution in [2.24, 2.45) is 11.8 Å². The third-order valence-corrected chi connectivity index (χ3v) is 13.4. The smallest absolute Gasteiger partial charge is 0.306 e. The average Bonchev–Trinajstić information content (AvgIpc) is 3.34. The number of nitrogens with one attached hydrogen (secondary N) is 6. The molecule has 0 saturated carbocycles. The minimum Gasteiger partial charge on any atom is -0.666 e. The van der Waals surface area contributed by atoms with E-state index in [0.29, 0.717) is 38.6 Å². The van der Waals surface area contributed by atoms with Gasteiger partial charge in [-0.1, -0.05) is 123 Å². The molecule has 0 aliphatic carbocycles. The average molecular weight is 1170 g/mol. The molecule has 2 amide bonds. The number of carboxylic acids is 2. The van der Waals surface area contributed by atoms with Gasteiger partial charge in [0, 0.05) is 71.5 Å². The minimum absolute atomic E-state index is 0. The molecule has 0 rings (SSSR count). The number of aliphatic hydroxyl groups is 1. The number of carbonyl (C=O) groups is 9. The van der Waals surface area contributed by atoms with Gasteiger partial charge in [-0.25, -0.2) is 0 Å². The molecule has 0 unspecified atom stereocenters. The van der Waals surface area contributed by atoms with Crippen LogP contribution in [0.15, 0.2) is 0 Å². The first-order chi connectivity index (χ1) is 36.0. The SMILES string of the molecule is CC(=O)[C@H](CO)NCC(=O)[C@H](CCCCNC(=O)COCCOCCNC(=O)CC[C@H](CC(=O)CCCCCCCCCCCCCCCCCCC(=O)O)C(=O)O)NCC(=O)[C@](C)(CC(C)C)NCC(=O)C(C)(C)[NH-].[Y]. The van der Waals surface area contributed by atoms with Gasteiger partial charge < -0.3 is 46.5 Å². The molecule has 20 nitrogen and oxygen atoms in total. The van der Waals surface area contributed by atoms with Gasteiger partial charge >= 0.3 is 11.9 Å². The van der Waals surface area contributed by atoms with Crippen LogP contribution in [0.25, 0.3) is 5.73 Å². The standard InChI is InChI=1S/C56H101N6O14.Y/c1-42(2)36-56(6,62-39-49(67)55(4,5)57)50(68)38-61-46(48(66)37-60-47(40-63)43(3)64)26-23-24-30-58-52(70)41-76-34-33-75-32-31-59-51(69)29-28-44(54(73)74)35-45(65)25-21-19-17-15-13-11-9-7-8-10-12-14-16-18-20-22-27-53(71)72;/h42,44,46-47,57,60-63H,7-41H2,1-6H3,(H,58,70)(H,59,69)(H,71,72)(H,73,74);/q-1;/t44-,46+,47+,56+;/m1./s1. The second-order valence-corrected chi connectivity index (χ2v) is 21.6. The van der Waals surface area contributed by atoms with Crippen LogP contribution in [0.4, 0.5) is 0 Å². The van der Waals surface area contributed by atoms with E-state index in [0.717, 1.165) is 44.9 Å². The van der Waals surface area contributed by atoms with Crippen molar-refractivity contribution in [3.05, 3.63) is 5.73 Å². The van der Waals surface area contributed by atoms with Crippen LogP contribution in [0.1, 0.15) is 202 Å². The largest absolute Gasteiger partial charge is 0.666 e. The number of carboxylic acid groups (broad SMARTS) is 2. The molecule has 0 fully saturated rings. The summed E-state index contributed by atoms with van der Waals surface area (Å²) in [6.45, 7) is 9.51. The number of hydrogen-bond donors (Lipinski definition) is 8. The van der Waals surface area contributed by atoms with Crippen LogP contribution in [0.2, 0.25) is 0 Å². The number of rotatable bonds is 54. The van der Waals surface area contributed by atoms with Crippen molar-refractivity contribution in [2.45, 2.75) is 225 Å². The molecule has 0 aromatic heterocycles. The Hall–Kier alpha value is -2.95. The number of carbonyl (C=O) groups excluding carboxylic acids is 7. The molecule has 0 bridgehead atoms. The van der Waals surface area contributed by atoms with E-state index in [4.69, 9.17) is 20.3 Å². The van der Waals surface area contributed by atoms with Gasteiger partial charge in [-0.05, 0) is 64.7 Å². The Labute approximate surface area is 485 Å². The van der Waals surface area contributed by atoms with Crippen LogP contribution in [0.5, 0.6) is 0 Å². The summed E-state index contributed by atoms with van der Waals surface area (Å²) in [6, 6.07) is -1.71. The number of aliphatic hydroxyl groups excluding tert-OH is 1.